The fraction of sp³-hybridized carbons (Fsp3) is 0.472. The topological polar surface area (TPSA) is 0 Å². The van der Waals surface area contributed by atoms with Crippen molar-refractivity contribution in [3.63, 3.8) is 0 Å². The van der Waals surface area contributed by atoms with Gasteiger partial charge in [-0.2, -0.15) is 0 Å². The van der Waals surface area contributed by atoms with Crippen molar-refractivity contribution in [2.75, 3.05) is 0 Å². The van der Waals surface area contributed by atoms with E-state index in [0.717, 1.165) is 24.2 Å². The van der Waals surface area contributed by atoms with Crippen LogP contribution >= 0.6 is 24.8 Å². The second-order valence-corrected chi connectivity index (χ2v) is 51.5. The number of hydrogen-bond donors (Lipinski definition) is 0. The Labute approximate surface area is 359 Å². The monoisotopic (exact) mass is 890 g/mol. The Morgan fingerprint density at radius 3 is 1.68 bits per heavy atom. The summed E-state index contributed by atoms with van der Waals surface area (Å²) in [5.41, 5.74) is 19.1. The van der Waals surface area contributed by atoms with Gasteiger partial charge in [0.05, 0.1) is 0 Å². The van der Waals surface area contributed by atoms with Crippen molar-refractivity contribution in [1.82, 2.24) is 0 Å². The SMILES string of the molecule is CCC1=Cc2c(-c3ccc(C45CC6CC(CC(C6)C4)C5)cc3)cccc2[CH]1[Zr]([CH3])([CH3])(=[SiH2])[CH]1C(C2CCCCC2)=Cc2c(-c3ccc(C(C)C)cc3)cccc21.Cl.Cl. The van der Waals surface area contributed by atoms with Gasteiger partial charge in [-0.15, -0.1) is 24.8 Å². The normalized spacial score (nSPS) is 27.7. The van der Waals surface area contributed by atoms with Crippen LogP contribution in [0.4, 0.5) is 0 Å². The smallest absolute Gasteiger partial charge is 0.147 e. The zero-order valence-corrected chi connectivity index (χ0v) is 40.8. The van der Waals surface area contributed by atoms with Crippen LogP contribution in [0.3, 0.4) is 0 Å². The molecule has 4 aromatic rings. The molecule has 4 bridgehead atoms. The van der Waals surface area contributed by atoms with Gasteiger partial charge in [0.25, 0.3) is 0 Å². The van der Waals surface area contributed by atoms with E-state index in [-0.39, 0.29) is 24.8 Å². The zero-order valence-electron chi connectivity index (χ0n) is 35.3. The predicted octanol–water partition coefficient (Wildman–Crippen LogP) is 15.4. The third kappa shape index (κ3) is 6.96. The molecule has 0 N–H and O–H groups in total. The van der Waals surface area contributed by atoms with Crippen molar-refractivity contribution in [3.05, 3.63) is 129 Å². The Morgan fingerprint density at radius 1 is 0.649 bits per heavy atom. The summed E-state index contributed by atoms with van der Waals surface area (Å²) >= 11 is -3.77. The number of allylic oxidation sites excluding steroid dienone is 2. The molecule has 0 nitrogen and oxygen atoms in total. The van der Waals surface area contributed by atoms with E-state index in [1.54, 1.807) is 22.3 Å². The van der Waals surface area contributed by atoms with Gasteiger partial charge in [0.15, 0.2) is 0 Å². The van der Waals surface area contributed by atoms with Crippen LogP contribution in [0.1, 0.15) is 144 Å². The van der Waals surface area contributed by atoms with E-state index < -0.39 is 17.4 Å². The van der Waals surface area contributed by atoms with E-state index in [1.165, 1.54) is 110 Å². The van der Waals surface area contributed by atoms with E-state index in [1.807, 2.05) is 5.57 Å². The van der Waals surface area contributed by atoms with Gasteiger partial charge in [-0.25, -0.2) is 0 Å². The van der Waals surface area contributed by atoms with Crippen LogP contribution in [0, 0.1) is 23.7 Å². The maximum atomic E-state index is 2.87. The molecule has 7 aliphatic carbocycles. The van der Waals surface area contributed by atoms with Crippen molar-refractivity contribution < 1.29 is 17.4 Å². The van der Waals surface area contributed by atoms with Gasteiger partial charge in [0, 0.05) is 0 Å². The molecule has 0 aliphatic heterocycles. The van der Waals surface area contributed by atoms with Gasteiger partial charge < -0.3 is 0 Å². The average molecular weight is 893 g/mol. The molecule has 300 valence electrons. The van der Waals surface area contributed by atoms with Crippen LogP contribution in [-0.4, -0.2) is 6.88 Å². The van der Waals surface area contributed by atoms with Gasteiger partial charge in [-0.05, 0) is 0 Å². The Balaban J connectivity index is 0.00000228. The molecule has 4 aromatic carbocycles. The van der Waals surface area contributed by atoms with Crippen LogP contribution in [-0.2, 0) is 22.8 Å². The molecule has 0 radical (unpaired) electrons. The summed E-state index contributed by atoms with van der Waals surface area (Å²) in [5.74, 6) is 4.22. The predicted molar refractivity (Wildman–Crippen MR) is 251 cm³/mol. The maximum Gasteiger partial charge on any atom is -0.147 e. The summed E-state index contributed by atoms with van der Waals surface area (Å²) in [6.07, 6.45) is 22.3. The Kier molecular flexibility index (Phi) is 11.4. The molecule has 5 fully saturated rings. The van der Waals surface area contributed by atoms with E-state index >= 15 is 0 Å². The zero-order chi connectivity index (χ0) is 37.7. The first-order chi connectivity index (χ1) is 26.5. The minimum atomic E-state index is -3.77. The number of halogens is 2. The molecule has 11 rings (SSSR count). The van der Waals surface area contributed by atoms with E-state index in [4.69, 9.17) is 0 Å². The third-order valence-corrected chi connectivity index (χ3v) is 33.8. The Morgan fingerprint density at radius 2 is 1.16 bits per heavy atom. The van der Waals surface area contributed by atoms with E-state index in [9.17, 15) is 0 Å². The van der Waals surface area contributed by atoms with Crippen LogP contribution in [0.2, 0.25) is 9.26 Å². The summed E-state index contributed by atoms with van der Waals surface area (Å²) in [6, 6.07) is 34.4. The van der Waals surface area contributed by atoms with Crippen molar-refractivity contribution in [1.29, 1.82) is 0 Å². The fourth-order valence-corrected chi connectivity index (χ4v) is 34.2. The maximum absolute atomic E-state index is 3.77. The van der Waals surface area contributed by atoms with Crippen molar-refractivity contribution >= 4 is 43.8 Å². The second-order valence-electron chi connectivity index (χ2n) is 21.0. The minimum absolute atomic E-state index is 0. The number of fused-ring (bicyclic) bond motifs is 2. The van der Waals surface area contributed by atoms with Gasteiger partial charge >= 0.3 is 337 Å². The van der Waals surface area contributed by atoms with Crippen molar-refractivity contribution in [2.24, 2.45) is 23.7 Å². The largest absolute Gasteiger partial charge is 0.147 e. The van der Waals surface area contributed by atoms with Crippen LogP contribution < -0.4 is 0 Å². The summed E-state index contributed by atoms with van der Waals surface area (Å²) < 4.78 is 6.87. The van der Waals surface area contributed by atoms with Gasteiger partial charge in [-0.3, -0.25) is 0 Å². The second kappa shape index (κ2) is 15.5. The summed E-state index contributed by atoms with van der Waals surface area (Å²) in [7, 11) is 0. The average Bonchev–Trinajstić information content (AvgIpc) is 3.79. The molecule has 0 aromatic heterocycles. The van der Waals surface area contributed by atoms with Gasteiger partial charge in [-0.1, -0.05) is 0 Å². The molecule has 5 saturated carbocycles. The van der Waals surface area contributed by atoms with Crippen molar-refractivity contribution in [3.8, 4) is 22.3 Å². The molecule has 57 heavy (non-hydrogen) atoms. The Hall–Kier alpha value is -1.96. The first-order valence-electron chi connectivity index (χ1n) is 22.5. The van der Waals surface area contributed by atoms with Crippen molar-refractivity contribution in [2.45, 2.75) is 126 Å². The molecule has 4 heteroatoms. The van der Waals surface area contributed by atoms with Crippen LogP contribution in [0.15, 0.2) is 96.1 Å². The molecule has 0 amide bonds. The first-order valence-corrected chi connectivity index (χ1v) is 36.1. The summed E-state index contributed by atoms with van der Waals surface area (Å²) in [5, 5.41) is 0. The summed E-state index contributed by atoms with van der Waals surface area (Å²) in [6.45, 7) is 9.60. The van der Waals surface area contributed by atoms with Crippen LogP contribution in [0.5, 0.6) is 0 Å². The molecule has 7 aliphatic rings. The first kappa shape index (κ1) is 41.8. The van der Waals surface area contributed by atoms with Crippen LogP contribution in [0.25, 0.3) is 34.4 Å². The quantitative estimate of drug-likeness (QED) is 0.155. The molecule has 0 heterocycles. The molecule has 0 saturated heterocycles. The fourth-order valence-electron chi connectivity index (χ4n) is 14.3. The molecular weight excluding hydrogens is 827 g/mol. The number of rotatable bonds is 8. The number of benzene rings is 4. The standard InChI is InChI=1S/C27H29.C24H27.2CH3.2ClH.H2Si.Zr/c1-2-18-13-23-4-3-5-25(26(23)14-18)22-6-8-24(9-7-22)27-15-19-10-20(16-27)12-21(11-19)17-27;1-17(2)18-11-13-20(14-12-18)23-10-6-9-21-15-22(16-24(21)23)19-7-4-3-5-8-19;;;;;;/h3-9,13-14,19-21H,2,10-12,15-17H2,1H3;6,9-17,19H,3-5,7-8H2,1-2H3;2*1H3;2*1H;1H2;. The molecule has 2 unspecified atom stereocenters. The molecule has 2 atom stereocenters. The minimum Gasteiger partial charge on any atom is -0.147 e. The third-order valence-electron chi connectivity index (χ3n) is 16.4. The van der Waals surface area contributed by atoms with Gasteiger partial charge in [0.2, 0.25) is 0 Å². The molecular formula is C53H66Cl2SiZr. The summed E-state index contributed by atoms with van der Waals surface area (Å²) in [4.78, 5) is 0. The molecule has 0 spiro atoms. The van der Waals surface area contributed by atoms with Gasteiger partial charge in [0.1, 0.15) is 0 Å². The Bertz CT molecular complexity index is 2240. The van der Waals surface area contributed by atoms with E-state index in [2.05, 4.69) is 134 Å². The number of hydrogen-bond acceptors (Lipinski definition) is 0. The van der Waals surface area contributed by atoms with E-state index in [0.29, 0.717) is 24.5 Å².